The predicted octanol–water partition coefficient (Wildman–Crippen LogP) is 3.21. The van der Waals surface area contributed by atoms with Crippen LogP contribution in [0.3, 0.4) is 0 Å². The largest absolute Gasteiger partial charge is 0.238 e. The van der Waals surface area contributed by atoms with Gasteiger partial charge in [-0.15, -0.1) is 0 Å². The van der Waals surface area contributed by atoms with E-state index in [1.165, 1.54) is 0 Å². The van der Waals surface area contributed by atoms with Gasteiger partial charge in [0, 0.05) is 22.7 Å². The van der Waals surface area contributed by atoms with Crippen molar-refractivity contribution in [1.29, 1.82) is 0 Å². The summed E-state index contributed by atoms with van der Waals surface area (Å²) in [4.78, 5) is 9.03. The van der Waals surface area contributed by atoms with Crippen LogP contribution in [0.25, 0.3) is 0 Å². The van der Waals surface area contributed by atoms with Crippen LogP contribution >= 0.6 is 0 Å². The van der Waals surface area contributed by atoms with E-state index in [-0.39, 0.29) is 5.41 Å². The van der Waals surface area contributed by atoms with E-state index in [1.807, 2.05) is 6.92 Å². The second kappa shape index (κ2) is 3.68. The van der Waals surface area contributed by atoms with Crippen LogP contribution in [0.1, 0.15) is 57.7 Å². The van der Waals surface area contributed by atoms with Gasteiger partial charge in [0.25, 0.3) is 0 Å². The van der Waals surface area contributed by atoms with Crippen molar-refractivity contribution >= 4 is 0 Å². The van der Waals surface area contributed by atoms with E-state index in [0.717, 1.165) is 17.2 Å². The highest BCUT2D eigenvalue weighted by molar-refractivity contribution is 5.18. The van der Waals surface area contributed by atoms with Gasteiger partial charge in [0.15, 0.2) is 0 Å². The van der Waals surface area contributed by atoms with Gasteiger partial charge in [0.05, 0.1) is 0 Å². The van der Waals surface area contributed by atoms with E-state index in [4.69, 9.17) is 0 Å². The Morgan fingerprint density at radius 2 is 1.71 bits per heavy atom. The maximum absolute atomic E-state index is 4.59. The average molecular weight is 192 g/mol. The lowest BCUT2D eigenvalue weighted by Crippen LogP contribution is -2.16. The van der Waals surface area contributed by atoms with Crippen LogP contribution in [0.5, 0.6) is 0 Å². The van der Waals surface area contributed by atoms with Crippen LogP contribution in [0.4, 0.5) is 0 Å². The first-order valence-corrected chi connectivity index (χ1v) is 5.17. The monoisotopic (exact) mass is 192 g/mol. The summed E-state index contributed by atoms with van der Waals surface area (Å²) in [5.74, 6) is 1.35. The van der Waals surface area contributed by atoms with Crippen LogP contribution in [0, 0.1) is 6.92 Å². The highest BCUT2D eigenvalue weighted by Gasteiger charge is 2.17. The summed E-state index contributed by atoms with van der Waals surface area (Å²) in [6.45, 7) is 12.8. The molecule has 0 fully saturated rings. The van der Waals surface area contributed by atoms with E-state index in [9.17, 15) is 0 Å². The highest BCUT2D eigenvalue weighted by Crippen LogP contribution is 2.22. The molecule has 0 saturated carbocycles. The zero-order valence-electron chi connectivity index (χ0n) is 10.0. The van der Waals surface area contributed by atoms with E-state index >= 15 is 0 Å². The van der Waals surface area contributed by atoms with Gasteiger partial charge >= 0.3 is 0 Å². The van der Waals surface area contributed by atoms with Crippen molar-refractivity contribution in [2.24, 2.45) is 0 Å². The molecular weight excluding hydrogens is 172 g/mol. The molecule has 1 rings (SSSR count). The van der Waals surface area contributed by atoms with Crippen molar-refractivity contribution in [3.8, 4) is 0 Å². The molecule has 0 spiro atoms. The Labute approximate surface area is 86.8 Å². The summed E-state index contributed by atoms with van der Waals surface area (Å²) in [6, 6.07) is 2.08. The Kier molecular flexibility index (Phi) is 2.93. The summed E-state index contributed by atoms with van der Waals surface area (Å²) < 4.78 is 0. The number of rotatable bonds is 1. The van der Waals surface area contributed by atoms with Gasteiger partial charge in [-0.3, -0.25) is 0 Å². The lowest BCUT2D eigenvalue weighted by molar-refractivity contribution is 0.556. The molecule has 0 bridgehead atoms. The summed E-state index contributed by atoms with van der Waals surface area (Å²) in [5, 5.41) is 0. The maximum Gasteiger partial charge on any atom is 0.131 e. The standard InChI is InChI=1S/C12H20N2/c1-8(2)11-13-9(3)7-10(14-11)12(4,5)6/h7-8H,1-6H3. The fourth-order valence-corrected chi connectivity index (χ4v) is 1.23. The molecule has 0 aliphatic heterocycles. The molecule has 0 amide bonds. The summed E-state index contributed by atoms with van der Waals surface area (Å²) in [5.41, 5.74) is 2.31. The minimum absolute atomic E-state index is 0.108. The maximum atomic E-state index is 4.59. The van der Waals surface area contributed by atoms with E-state index in [0.29, 0.717) is 5.92 Å². The van der Waals surface area contributed by atoms with Crippen molar-refractivity contribution in [2.75, 3.05) is 0 Å². The summed E-state index contributed by atoms with van der Waals surface area (Å²) >= 11 is 0. The van der Waals surface area contributed by atoms with Crippen molar-refractivity contribution in [3.05, 3.63) is 23.3 Å². The summed E-state index contributed by atoms with van der Waals surface area (Å²) in [6.07, 6.45) is 0. The number of hydrogen-bond donors (Lipinski definition) is 0. The molecule has 1 aromatic rings. The van der Waals surface area contributed by atoms with Crippen LogP contribution in [-0.2, 0) is 5.41 Å². The minimum atomic E-state index is 0.108. The second-order valence-corrected chi connectivity index (χ2v) is 5.16. The number of aromatic nitrogens is 2. The first-order chi connectivity index (χ1) is 6.30. The molecule has 14 heavy (non-hydrogen) atoms. The molecule has 0 N–H and O–H groups in total. The topological polar surface area (TPSA) is 25.8 Å². The van der Waals surface area contributed by atoms with Crippen molar-refractivity contribution in [1.82, 2.24) is 9.97 Å². The fraction of sp³-hybridized carbons (Fsp3) is 0.667. The second-order valence-electron chi connectivity index (χ2n) is 5.16. The van der Waals surface area contributed by atoms with Gasteiger partial charge in [0.2, 0.25) is 0 Å². The van der Waals surface area contributed by atoms with Gasteiger partial charge in [-0.05, 0) is 13.0 Å². The molecule has 0 aliphatic rings. The molecule has 0 aromatic carbocycles. The Morgan fingerprint density at radius 3 is 2.14 bits per heavy atom. The number of hydrogen-bond acceptors (Lipinski definition) is 2. The van der Waals surface area contributed by atoms with Crippen LogP contribution < -0.4 is 0 Å². The lowest BCUT2D eigenvalue weighted by Gasteiger charge is -2.19. The SMILES string of the molecule is Cc1cc(C(C)(C)C)nc(C(C)C)n1. The van der Waals surface area contributed by atoms with Crippen molar-refractivity contribution in [3.63, 3.8) is 0 Å². The fourth-order valence-electron chi connectivity index (χ4n) is 1.23. The molecule has 1 aromatic heterocycles. The molecule has 0 radical (unpaired) electrons. The number of nitrogens with zero attached hydrogens (tertiary/aromatic N) is 2. The Bertz CT molecular complexity index is 322. The third-order valence-corrected chi connectivity index (χ3v) is 2.16. The van der Waals surface area contributed by atoms with E-state index in [2.05, 4.69) is 50.7 Å². The van der Waals surface area contributed by atoms with Gasteiger partial charge in [0.1, 0.15) is 5.82 Å². The zero-order valence-corrected chi connectivity index (χ0v) is 10.0. The quantitative estimate of drug-likeness (QED) is 0.683. The Morgan fingerprint density at radius 1 is 1.14 bits per heavy atom. The average Bonchev–Trinajstić information content (AvgIpc) is 2.01. The first kappa shape index (κ1) is 11.2. The molecular formula is C12H20N2. The van der Waals surface area contributed by atoms with Gasteiger partial charge in [-0.25, -0.2) is 9.97 Å². The molecule has 0 aliphatic carbocycles. The molecule has 0 unspecified atom stereocenters. The van der Waals surface area contributed by atoms with E-state index in [1.54, 1.807) is 0 Å². The zero-order chi connectivity index (χ0) is 10.9. The molecule has 1 heterocycles. The van der Waals surface area contributed by atoms with Gasteiger partial charge in [-0.1, -0.05) is 34.6 Å². The molecule has 2 heteroatoms. The van der Waals surface area contributed by atoms with E-state index < -0.39 is 0 Å². The molecule has 0 atom stereocenters. The normalized spacial score (nSPS) is 12.2. The summed E-state index contributed by atoms with van der Waals surface area (Å²) in [7, 11) is 0. The third kappa shape index (κ3) is 2.53. The van der Waals surface area contributed by atoms with Gasteiger partial charge in [-0.2, -0.15) is 0 Å². The smallest absolute Gasteiger partial charge is 0.131 e. The van der Waals surface area contributed by atoms with Crippen molar-refractivity contribution in [2.45, 2.75) is 52.9 Å². The molecule has 2 nitrogen and oxygen atoms in total. The molecule has 0 saturated heterocycles. The van der Waals surface area contributed by atoms with Crippen LogP contribution in [0.15, 0.2) is 6.07 Å². The Hall–Kier alpha value is -0.920. The van der Waals surface area contributed by atoms with Crippen LogP contribution in [0.2, 0.25) is 0 Å². The predicted molar refractivity (Wildman–Crippen MR) is 59.6 cm³/mol. The third-order valence-electron chi connectivity index (χ3n) is 2.16. The van der Waals surface area contributed by atoms with Crippen molar-refractivity contribution < 1.29 is 0 Å². The highest BCUT2D eigenvalue weighted by atomic mass is 14.9. The Balaban J connectivity index is 3.21. The first-order valence-electron chi connectivity index (χ1n) is 5.17. The minimum Gasteiger partial charge on any atom is -0.238 e. The van der Waals surface area contributed by atoms with Crippen LogP contribution in [-0.4, -0.2) is 9.97 Å². The van der Waals surface area contributed by atoms with Gasteiger partial charge < -0.3 is 0 Å². The number of aryl methyl sites for hydroxylation is 1. The molecule has 78 valence electrons. The lowest BCUT2D eigenvalue weighted by atomic mass is 9.91.